The van der Waals surface area contributed by atoms with Crippen LogP contribution in [0.4, 0.5) is 0 Å². The Morgan fingerprint density at radius 2 is 1.79 bits per heavy atom. The first-order valence-electron chi connectivity index (χ1n) is 10.1. The van der Waals surface area contributed by atoms with Crippen LogP contribution in [0.15, 0.2) is 42.5 Å². The summed E-state index contributed by atoms with van der Waals surface area (Å²) in [5.74, 6) is 1.46. The summed E-state index contributed by atoms with van der Waals surface area (Å²) in [6.45, 7) is 5.35. The average Bonchev–Trinajstić information content (AvgIpc) is 3.21. The third kappa shape index (κ3) is 4.06. The van der Waals surface area contributed by atoms with E-state index in [1.54, 1.807) is 0 Å². The largest absolute Gasteiger partial charge is 0.454 e. The Hall–Kier alpha value is -3.02. The minimum atomic E-state index is -0.122. The summed E-state index contributed by atoms with van der Waals surface area (Å²) in [4.78, 5) is 27.4. The number of amides is 2. The van der Waals surface area contributed by atoms with Crippen molar-refractivity contribution in [1.82, 2.24) is 10.2 Å². The zero-order valence-electron chi connectivity index (χ0n) is 16.8. The summed E-state index contributed by atoms with van der Waals surface area (Å²) in [6, 6.07) is 13.2. The Morgan fingerprint density at radius 3 is 2.55 bits per heavy atom. The first kappa shape index (κ1) is 19.3. The summed E-state index contributed by atoms with van der Waals surface area (Å²) in [6.07, 6.45) is 1.36. The molecule has 152 valence electrons. The topological polar surface area (TPSA) is 67.9 Å². The van der Waals surface area contributed by atoms with Crippen molar-refractivity contribution in [3.8, 4) is 11.5 Å². The lowest BCUT2D eigenvalue weighted by atomic mass is 9.94. The number of hydrogen-bond donors (Lipinski definition) is 1. The molecule has 1 N–H and O–H groups in total. The van der Waals surface area contributed by atoms with Crippen LogP contribution in [-0.2, 0) is 4.79 Å². The second-order valence-electron chi connectivity index (χ2n) is 7.72. The predicted octanol–water partition coefficient (Wildman–Crippen LogP) is 3.45. The number of nitrogens with one attached hydrogen (secondary N) is 1. The lowest BCUT2D eigenvalue weighted by Crippen LogP contribution is -2.43. The highest BCUT2D eigenvalue weighted by molar-refractivity contribution is 5.95. The Bertz CT molecular complexity index is 919. The highest BCUT2D eigenvalue weighted by Gasteiger charge is 2.29. The minimum Gasteiger partial charge on any atom is -0.454 e. The van der Waals surface area contributed by atoms with E-state index in [2.05, 4.69) is 5.32 Å². The summed E-state index contributed by atoms with van der Waals surface area (Å²) in [5, 5.41) is 3.10. The van der Waals surface area contributed by atoms with Gasteiger partial charge in [0.15, 0.2) is 11.5 Å². The van der Waals surface area contributed by atoms with Crippen molar-refractivity contribution < 1.29 is 19.1 Å². The maximum Gasteiger partial charge on any atom is 0.254 e. The van der Waals surface area contributed by atoms with Gasteiger partial charge in [0.05, 0.1) is 6.04 Å². The molecule has 2 amide bonds. The van der Waals surface area contributed by atoms with E-state index in [0.29, 0.717) is 31.7 Å². The quantitative estimate of drug-likeness (QED) is 0.862. The standard InChI is InChI=1S/C23H26N2O4/c1-15-5-3-4-6-19(15)23(27)25-11-9-17(10-12-25)22(26)24-16(2)18-7-8-20-21(13-18)29-14-28-20/h3-8,13,16-17H,9-12,14H2,1-2H3,(H,24,26). The van der Waals surface area contributed by atoms with Crippen molar-refractivity contribution in [3.63, 3.8) is 0 Å². The van der Waals surface area contributed by atoms with E-state index in [9.17, 15) is 9.59 Å². The van der Waals surface area contributed by atoms with E-state index in [4.69, 9.17) is 9.47 Å². The molecule has 1 saturated heterocycles. The van der Waals surface area contributed by atoms with Crippen LogP contribution in [0.2, 0.25) is 0 Å². The molecule has 0 saturated carbocycles. The summed E-state index contributed by atoms with van der Waals surface area (Å²) in [5.41, 5.74) is 2.71. The van der Waals surface area contributed by atoms with Crippen molar-refractivity contribution >= 4 is 11.8 Å². The molecule has 0 radical (unpaired) electrons. The average molecular weight is 394 g/mol. The van der Waals surface area contributed by atoms with Crippen LogP contribution in [-0.4, -0.2) is 36.6 Å². The number of nitrogens with zero attached hydrogens (tertiary/aromatic N) is 1. The number of likely N-dealkylation sites (tertiary alicyclic amines) is 1. The molecule has 2 aromatic rings. The molecule has 0 aromatic heterocycles. The van der Waals surface area contributed by atoms with Gasteiger partial charge in [0, 0.05) is 24.6 Å². The fourth-order valence-electron chi connectivity index (χ4n) is 3.93. The summed E-state index contributed by atoms with van der Waals surface area (Å²) in [7, 11) is 0. The smallest absolute Gasteiger partial charge is 0.254 e. The van der Waals surface area contributed by atoms with E-state index >= 15 is 0 Å². The highest BCUT2D eigenvalue weighted by Crippen LogP contribution is 2.34. The Balaban J connectivity index is 1.32. The van der Waals surface area contributed by atoms with Crippen LogP contribution >= 0.6 is 0 Å². The number of rotatable bonds is 4. The molecule has 29 heavy (non-hydrogen) atoms. The molecule has 1 atom stereocenters. The van der Waals surface area contributed by atoms with Gasteiger partial charge in [-0.3, -0.25) is 9.59 Å². The number of carbonyl (C=O) groups is 2. The van der Waals surface area contributed by atoms with Crippen LogP contribution < -0.4 is 14.8 Å². The molecule has 2 heterocycles. The monoisotopic (exact) mass is 394 g/mol. The predicted molar refractivity (Wildman–Crippen MR) is 109 cm³/mol. The van der Waals surface area contributed by atoms with Gasteiger partial charge in [-0.25, -0.2) is 0 Å². The van der Waals surface area contributed by atoms with Crippen molar-refractivity contribution in [3.05, 3.63) is 59.2 Å². The molecule has 2 aromatic carbocycles. The number of piperidine rings is 1. The van der Waals surface area contributed by atoms with E-state index in [0.717, 1.165) is 22.4 Å². The normalized spacial score (nSPS) is 17.1. The van der Waals surface area contributed by atoms with Crippen molar-refractivity contribution in [2.75, 3.05) is 19.9 Å². The zero-order chi connectivity index (χ0) is 20.4. The first-order valence-corrected chi connectivity index (χ1v) is 10.1. The van der Waals surface area contributed by atoms with Gasteiger partial charge in [-0.15, -0.1) is 0 Å². The van der Waals surface area contributed by atoms with Gasteiger partial charge in [0.1, 0.15) is 0 Å². The Morgan fingerprint density at radius 1 is 1.07 bits per heavy atom. The molecule has 6 nitrogen and oxygen atoms in total. The minimum absolute atomic E-state index is 0.0400. The van der Waals surface area contributed by atoms with Crippen molar-refractivity contribution in [2.45, 2.75) is 32.7 Å². The van der Waals surface area contributed by atoms with Gasteiger partial charge < -0.3 is 19.7 Å². The molecule has 2 aliphatic rings. The number of carbonyl (C=O) groups excluding carboxylic acids is 2. The molecule has 0 aliphatic carbocycles. The molecule has 1 fully saturated rings. The van der Waals surface area contributed by atoms with Gasteiger partial charge >= 0.3 is 0 Å². The summed E-state index contributed by atoms with van der Waals surface area (Å²) >= 11 is 0. The van der Waals surface area contributed by atoms with E-state index in [-0.39, 0.29) is 30.6 Å². The molecular weight excluding hydrogens is 368 g/mol. The van der Waals surface area contributed by atoms with Crippen molar-refractivity contribution in [1.29, 1.82) is 0 Å². The lowest BCUT2D eigenvalue weighted by molar-refractivity contribution is -0.127. The SMILES string of the molecule is Cc1ccccc1C(=O)N1CCC(C(=O)NC(C)c2ccc3c(c2)OCO3)CC1. The maximum absolute atomic E-state index is 12.8. The van der Waals surface area contributed by atoms with Crippen molar-refractivity contribution in [2.24, 2.45) is 5.92 Å². The van der Waals surface area contributed by atoms with Crippen LogP contribution in [0.5, 0.6) is 11.5 Å². The third-order valence-electron chi connectivity index (χ3n) is 5.78. The molecule has 0 spiro atoms. The number of ether oxygens (including phenoxy) is 2. The summed E-state index contributed by atoms with van der Waals surface area (Å²) < 4.78 is 10.8. The van der Waals surface area contributed by atoms with Crippen LogP contribution in [0.3, 0.4) is 0 Å². The highest BCUT2D eigenvalue weighted by atomic mass is 16.7. The zero-order valence-corrected chi connectivity index (χ0v) is 16.8. The third-order valence-corrected chi connectivity index (χ3v) is 5.78. The van der Waals surface area contributed by atoms with Gasteiger partial charge in [-0.2, -0.15) is 0 Å². The number of hydrogen-bond acceptors (Lipinski definition) is 4. The number of benzene rings is 2. The Labute approximate surface area is 170 Å². The van der Waals surface area contributed by atoms with Gasteiger partial charge in [0.2, 0.25) is 12.7 Å². The van der Waals surface area contributed by atoms with Gasteiger partial charge in [-0.1, -0.05) is 24.3 Å². The second kappa shape index (κ2) is 8.15. The molecule has 4 rings (SSSR count). The fourth-order valence-corrected chi connectivity index (χ4v) is 3.93. The van der Waals surface area contributed by atoms with Gasteiger partial charge in [0.25, 0.3) is 5.91 Å². The van der Waals surface area contributed by atoms with Crippen LogP contribution in [0.1, 0.15) is 47.3 Å². The molecule has 0 bridgehead atoms. The lowest BCUT2D eigenvalue weighted by Gasteiger charge is -2.32. The van der Waals surface area contributed by atoms with Crippen LogP contribution in [0.25, 0.3) is 0 Å². The maximum atomic E-state index is 12.8. The van der Waals surface area contributed by atoms with Crippen LogP contribution in [0, 0.1) is 12.8 Å². The molecule has 1 unspecified atom stereocenters. The Kier molecular flexibility index (Phi) is 5.43. The fraction of sp³-hybridized carbons (Fsp3) is 0.391. The first-order chi connectivity index (χ1) is 14.0. The second-order valence-corrected chi connectivity index (χ2v) is 7.72. The van der Waals surface area contributed by atoms with E-state index in [1.807, 2.05) is 61.2 Å². The number of aryl methyl sites for hydroxylation is 1. The molecule has 6 heteroatoms. The van der Waals surface area contributed by atoms with E-state index in [1.165, 1.54) is 0 Å². The molecular formula is C23H26N2O4. The van der Waals surface area contributed by atoms with Gasteiger partial charge in [-0.05, 0) is 56.0 Å². The van der Waals surface area contributed by atoms with E-state index < -0.39 is 0 Å². The molecule has 2 aliphatic heterocycles. The number of fused-ring (bicyclic) bond motifs is 1.